The van der Waals surface area contributed by atoms with Gasteiger partial charge in [-0.25, -0.2) is 4.98 Å². The molecule has 5 heteroatoms. The molecule has 1 aliphatic rings. The lowest BCUT2D eigenvalue weighted by Gasteiger charge is -2.14. The molecule has 0 atom stereocenters. The van der Waals surface area contributed by atoms with Gasteiger partial charge in [0, 0.05) is 23.7 Å². The molecule has 0 aliphatic heterocycles. The Morgan fingerprint density at radius 3 is 2.89 bits per heavy atom. The van der Waals surface area contributed by atoms with E-state index in [9.17, 15) is 4.79 Å². The molecule has 0 unspecified atom stereocenters. The fraction of sp³-hybridized carbons (Fsp3) is 0.692. The van der Waals surface area contributed by atoms with Crippen LogP contribution >= 0.6 is 11.8 Å². The van der Waals surface area contributed by atoms with Crippen LogP contribution in [-0.2, 0) is 10.5 Å². The number of imidazole rings is 1. The molecule has 0 saturated heterocycles. The number of hydrogen-bond donors (Lipinski definition) is 1. The summed E-state index contributed by atoms with van der Waals surface area (Å²) in [5.41, 5.74) is 1.31. The summed E-state index contributed by atoms with van der Waals surface area (Å²) in [7, 11) is 0. The Morgan fingerprint density at radius 2 is 2.33 bits per heavy atom. The summed E-state index contributed by atoms with van der Waals surface area (Å²) in [4.78, 5) is 14.9. The van der Waals surface area contributed by atoms with Crippen molar-refractivity contribution >= 4 is 17.7 Å². The summed E-state index contributed by atoms with van der Waals surface area (Å²) in [6, 6.07) is 0.428. The summed E-state index contributed by atoms with van der Waals surface area (Å²) in [5.74, 6) is 1.20. The predicted molar refractivity (Wildman–Crippen MR) is 72.7 cm³/mol. The number of carbonyl (C=O) groups is 1. The molecule has 1 aromatic heterocycles. The summed E-state index contributed by atoms with van der Waals surface area (Å²) in [6.45, 7) is 4.28. The molecule has 1 aromatic rings. The minimum Gasteiger partial charge on any atom is -0.481 e. The largest absolute Gasteiger partial charge is 0.481 e. The van der Waals surface area contributed by atoms with Gasteiger partial charge in [0.1, 0.15) is 0 Å². The smallest absolute Gasteiger partial charge is 0.303 e. The highest BCUT2D eigenvalue weighted by molar-refractivity contribution is 7.98. The van der Waals surface area contributed by atoms with E-state index in [0.29, 0.717) is 12.5 Å². The molecule has 0 radical (unpaired) electrons. The van der Waals surface area contributed by atoms with Crippen LogP contribution in [0.25, 0.3) is 0 Å². The predicted octanol–water partition coefficient (Wildman–Crippen LogP) is 2.95. The van der Waals surface area contributed by atoms with Gasteiger partial charge in [-0.15, -0.1) is 0 Å². The summed E-state index contributed by atoms with van der Waals surface area (Å²) >= 11 is 1.83. The van der Waals surface area contributed by atoms with E-state index in [2.05, 4.69) is 23.4 Å². The van der Waals surface area contributed by atoms with Crippen LogP contribution < -0.4 is 0 Å². The first-order valence-corrected chi connectivity index (χ1v) is 7.48. The Morgan fingerprint density at radius 1 is 1.61 bits per heavy atom. The van der Waals surface area contributed by atoms with Gasteiger partial charge >= 0.3 is 5.97 Å². The van der Waals surface area contributed by atoms with Gasteiger partial charge in [0.15, 0.2) is 0 Å². The van der Waals surface area contributed by atoms with Crippen LogP contribution in [0.2, 0.25) is 0 Å². The average molecular weight is 268 g/mol. The summed E-state index contributed by atoms with van der Waals surface area (Å²) in [5, 5.41) is 8.87. The molecule has 0 spiro atoms. The van der Waals surface area contributed by atoms with Gasteiger partial charge in [0.05, 0.1) is 12.7 Å². The van der Waals surface area contributed by atoms with E-state index < -0.39 is 5.97 Å². The van der Waals surface area contributed by atoms with Gasteiger partial charge < -0.3 is 9.67 Å². The summed E-state index contributed by atoms with van der Waals surface area (Å²) < 4.78 is 2.17. The van der Waals surface area contributed by atoms with E-state index in [0.717, 1.165) is 24.3 Å². The zero-order chi connectivity index (χ0) is 13.2. The molecule has 1 N–H and O–H groups in total. The van der Waals surface area contributed by atoms with Gasteiger partial charge in [0.25, 0.3) is 0 Å². The lowest BCUT2D eigenvalue weighted by molar-refractivity contribution is -0.138. The first-order chi connectivity index (χ1) is 8.52. The van der Waals surface area contributed by atoms with Crippen molar-refractivity contribution in [2.75, 3.05) is 5.75 Å². The standard InChI is InChI=1S/C13H20N2O2S/c1-10(2)15-9-14-6-11(15)7-18-8-13(3-4-13)5-12(16)17/h6,9-10H,3-5,7-8H2,1-2H3,(H,16,17). The number of hydrogen-bond acceptors (Lipinski definition) is 3. The van der Waals surface area contributed by atoms with E-state index in [1.165, 1.54) is 5.69 Å². The summed E-state index contributed by atoms with van der Waals surface area (Å²) in [6.07, 6.45) is 6.23. The van der Waals surface area contributed by atoms with Crippen molar-refractivity contribution in [3.63, 3.8) is 0 Å². The van der Waals surface area contributed by atoms with E-state index >= 15 is 0 Å². The lowest BCUT2D eigenvalue weighted by atomic mass is 10.1. The van der Waals surface area contributed by atoms with Crippen molar-refractivity contribution in [3.8, 4) is 0 Å². The number of aromatic nitrogens is 2. The number of nitrogens with zero attached hydrogens (tertiary/aromatic N) is 2. The first-order valence-electron chi connectivity index (χ1n) is 6.33. The minimum atomic E-state index is -0.666. The van der Waals surface area contributed by atoms with Crippen LogP contribution in [0.3, 0.4) is 0 Å². The maximum atomic E-state index is 10.8. The van der Waals surface area contributed by atoms with Crippen LogP contribution in [0.4, 0.5) is 0 Å². The number of carboxylic acids is 1. The zero-order valence-electron chi connectivity index (χ0n) is 10.9. The van der Waals surface area contributed by atoms with Crippen molar-refractivity contribution in [3.05, 3.63) is 18.2 Å². The quantitative estimate of drug-likeness (QED) is 0.826. The van der Waals surface area contributed by atoms with Crippen molar-refractivity contribution in [2.24, 2.45) is 5.41 Å². The second kappa shape index (κ2) is 5.34. The SMILES string of the molecule is CC(C)n1cncc1CSCC1(CC(=O)O)CC1. The third-order valence-electron chi connectivity index (χ3n) is 3.44. The molecule has 0 amide bonds. The maximum Gasteiger partial charge on any atom is 0.303 e. The lowest BCUT2D eigenvalue weighted by Crippen LogP contribution is -2.11. The Hall–Kier alpha value is -0.970. The molecule has 100 valence electrons. The second-order valence-corrected chi connectivity index (χ2v) is 6.43. The highest BCUT2D eigenvalue weighted by Gasteiger charge is 2.44. The van der Waals surface area contributed by atoms with E-state index in [1.54, 1.807) is 0 Å². The number of carboxylic acid groups (broad SMARTS) is 1. The van der Waals surface area contributed by atoms with Gasteiger partial charge in [0.2, 0.25) is 0 Å². The van der Waals surface area contributed by atoms with Crippen molar-refractivity contribution in [1.29, 1.82) is 0 Å². The molecule has 4 nitrogen and oxygen atoms in total. The Balaban J connectivity index is 1.82. The zero-order valence-corrected chi connectivity index (χ0v) is 11.7. The van der Waals surface area contributed by atoms with Crippen molar-refractivity contribution < 1.29 is 9.90 Å². The topological polar surface area (TPSA) is 55.1 Å². The average Bonchev–Trinajstić information content (AvgIpc) is 2.86. The van der Waals surface area contributed by atoms with Crippen LogP contribution in [0.15, 0.2) is 12.5 Å². The Kier molecular flexibility index (Phi) is 4.00. The molecule has 1 aliphatic carbocycles. The van der Waals surface area contributed by atoms with E-state index in [1.807, 2.05) is 24.3 Å². The third kappa shape index (κ3) is 3.28. The second-order valence-electron chi connectivity index (χ2n) is 5.45. The molecule has 1 saturated carbocycles. The Labute approximate surface area is 112 Å². The molecular formula is C13H20N2O2S. The van der Waals surface area contributed by atoms with E-state index in [-0.39, 0.29) is 5.41 Å². The highest BCUT2D eigenvalue weighted by Crippen LogP contribution is 2.51. The van der Waals surface area contributed by atoms with E-state index in [4.69, 9.17) is 5.11 Å². The van der Waals surface area contributed by atoms with Crippen LogP contribution in [-0.4, -0.2) is 26.4 Å². The minimum absolute atomic E-state index is 0.0825. The van der Waals surface area contributed by atoms with Crippen molar-refractivity contribution in [2.45, 2.75) is 44.9 Å². The molecule has 2 rings (SSSR count). The highest BCUT2D eigenvalue weighted by atomic mass is 32.2. The molecule has 18 heavy (non-hydrogen) atoms. The number of aliphatic carboxylic acids is 1. The van der Waals surface area contributed by atoms with Gasteiger partial charge in [-0.1, -0.05) is 0 Å². The van der Waals surface area contributed by atoms with Crippen LogP contribution in [0, 0.1) is 5.41 Å². The van der Waals surface area contributed by atoms with Crippen LogP contribution in [0.5, 0.6) is 0 Å². The number of rotatable bonds is 7. The fourth-order valence-electron chi connectivity index (χ4n) is 2.15. The number of thioether (sulfide) groups is 1. The molecule has 1 heterocycles. The maximum absolute atomic E-state index is 10.8. The Bertz CT molecular complexity index is 424. The van der Waals surface area contributed by atoms with Gasteiger partial charge in [-0.05, 0) is 37.9 Å². The van der Waals surface area contributed by atoms with Crippen LogP contribution in [0.1, 0.15) is 44.8 Å². The molecular weight excluding hydrogens is 248 g/mol. The fourth-order valence-corrected chi connectivity index (χ4v) is 3.51. The first kappa shape index (κ1) is 13.5. The normalized spacial score (nSPS) is 17.1. The van der Waals surface area contributed by atoms with Crippen molar-refractivity contribution in [1.82, 2.24) is 9.55 Å². The third-order valence-corrected chi connectivity index (χ3v) is 4.76. The molecule has 0 aromatic carbocycles. The monoisotopic (exact) mass is 268 g/mol. The molecule has 0 bridgehead atoms. The molecule has 1 fully saturated rings. The van der Waals surface area contributed by atoms with Gasteiger partial charge in [-0.3, -0.25) is 4.79 Å². The van der Waals surface area contributed by atoms with Gasteiger partial charge in [-0.2, -0.15) is 11.8 Å².